The third-order valence-corrected chi connectivity index (χ3v) is 3.41. The predicted molar refractivity (Wildman–Crippen MR) is 87.1 cm³/mol. The second-order valence-electron chi connectivity index (χ2n) is 5.00. The van der Waals surface area contributed by atoms with Gasteiger partial charge >= 0.3 is 0 Å². The zero-order chi connectivity index (χ0) is 15.4. The number of hydrogen-bond acceptors (Lipinski definition) is 3. The third-order valence-electron chi connectivity index (χ3n) is 3.41. The van der Waals surface area contributed by atoms with E-state index in [1.165, 1.54) is 5.39 Å². The Kier molecular flexibility index (Phi) is 4.01. The Labute approximate surface area is 128 Å². The van der Waals surface area contributed by atoms with E-state index >= 15 is 0 Å². The number of carbonyl (C=O) groups excluding carboxylic acids is 1. The van der Waals surface area contributed by atoms with Crippen molar-refractivity contribution in [2.24, 2.45) is 0 Å². The number of amides is 1. The molecule has 110 valence electrons. The van der Waals surface area contributed by atoms with Crippen LogP contribution in [0.5, 0.6) is 5.88 Å². The summed E-state index contributed by atoms with van der Waals surface area (Å²) in [5.74, 6) is 0.453. The molecular formula is C18H16N2O2. The van der Waals surface area contributed by atoms with Crippen molar-refractivity contribution in [3.8, 4) is 5.88 Å². The maximum atomic E-state index is 12.1. The summed E-state index contributed by atoms with van der Waals surface area (Å²) in [7, 11) is 1.56. The fourth-order valence-corrected chi connectivity index (χ4v) is 2.31. The minimum absolute atomic E-state index is 0.0674. The SMILES string of the molecule is COc1ccc(NC(=O)Cc2ccc3ccccc3c2)cn1. The molecule has 0 bridgehead atoms. The Balaban J connectivity index is 1.69. The Bertz CT molecular complexity index is 798. The first-order chi connectivity index (χ1) is 10.7. The average molecular weight is 292 g/mol. The van der Waals surface area contributed by atoms with E-state index in [0.29, 0.717) is 18.0 Å². The van der Waals surface area contributed by atoms with Crippen LogP contribution in [-0.4, -0.2) is 18.0 Å². The van der Waals surface area contributed by atoms with Crippen LogP contribution in [-0.2, 0) is 11.2 Å². The standard InChI is InChI=1S/C18H16N2O2/c1-22-18-9-8-16(12-19-18)20-17(21)11-13-6-7-14-4-2-3-5-15(14)10-13/h2-10,12H,11H2,1H3,(H,20,21). The van der Waals surface area contributed by atoms with Crippen molar-refractivity contribution >= 4 is 22.4 Å². The number of rotatable bonds is 4. The molecule has 1 aromatic heterocycles. The van der Waals surface area contributed by atoms with Gasteiger partial charge in [0.05, 0.1) is 25.4 Å². The first-order valence-corrected chi connectivity index (χ1v) is 7.02. The summed E-state index contributed by atoms with van der Waals surface area (Å²) in [5, 5.41) is 5.14. The van der Waals surface area contributed by atoms with Crippen LogP contribution < -0.4 is 10.1 Å². The molecule has 3 aromatic rings. The lowest BCUT2D eigenvalue weighted by Crippen LogP contribution is -2.14. The van der Waals surface area contributed by atoms with Gasteiger partial charge in [-0.05, 0) is 22.4 Å². The van der Waals surface area contributed by atoms with Gasteiger partial charge in [0.1, 0.15) is 0 Å². The molecule has 22 heavy (non-hydrogen) atoms. The highest BCUT2D eigenvalue weighted by Crippen LogP contribution is 2.17. The first kappa shape index (κ1) is 14.1. The lowest BCUT2D eigenvalue weighted by Gasteiger charge is -2.07. The normalized spacial score (nSPS) is 10.4. The van der Waals surface area contributed by atoms with Gasteiger partial charge in [0.25, 0.3) is 0 Å². The smallest absolute Gasteiger partial charge is 0.228 e. The summed E-state index contributed by atoms with van der Waals surface area (Å²) in [6.45, 7) is 0. The number of carbonyl (C=O) groups is 1. The molecule has 0 saturated heterocycles. The largest absolute Gasteiger partial charge is 0.481 e. The number of ether oxygens (including phenoxy) is 1. The van der Waals surface area contributed by atoms with Gasteiger partial charge in [0.2, 0.25) is 11.8 Å². The Morgan fingerprint density at radius 3 is 2.64 bits per heavy atom. The molecule has 0 fully saturated rings. The average Bonchev–Trinajstić information content (AvgIpc) is 2.55. The minimum atomic E-state index is -0.0674. The highest BCUT2D eigenvalue weighted by Gasteiger charge is 2.05. The molecule has 0 aliphatic heterocycles. The Hall–Kier alpha value is -2.88. The van der Waals surface area contributed by atoms with E-state index in [9.17, 15) is 4.79 Å². The van der Waals surface area contributed by atoms with Crippen LogP contribution >= 0.6 is 0 Å². The van der Waals surface area contributed by atoms with Gasteiger partial charge in [0, 0.05) is 6.07 Å². The fourth-order valence-electron chi connectivity index (χ4n) is 2.31. The molecule has 0 spiro atoms. The zero-order valence-electron chi connectivity index (χ0n) is 12.2. The number of benzene rings is 2. The summed E-state index contributed by atoms with van der Waals surface area (Å²) in [4.78, 5) is 16.2. The summed E-state index contributed by atoms with van der Waals surface area (Å²) < 4.78 is 4.99. The summed E-state index contributed by atoms with van der Waals surface area (Å²) >= 11 is 0. The van der Waals surface area contributed by atoms with Crippen molar-refractivity contribution in [3.63, 3.8) is 0 Å². The lowest BCUT2D eigenvalue weighted by molar-refractivity contribution is -0.115. The van der Waals surface area contributed by atoms with Crippen LogP contribution in [0.25, 0.3) is 10.8 Å². The van der Waals surface area contributed by atoms with Crippen LogP contribution in [0, 0.1) is 0 Å². The maximum absolute atomic E-state index is 12.1. The highest BCUT2D eigenvalue weighted by molar-refractivity contribution is 5.93. The molecule has 3 rings (SSSR count). The van der Waals surface area contributed by atoms with E-state index < -0.39 is 0 Å². The first-order valence-electron chi connectivity index (χ1n) is 7.02. The molecule has 0 unspecified atom stereocenters. The van der Waals surface area contributed by atoms with Gasteiger partial charge in [-0.1, -0.05) is 42.5 Å². The topological polar surface area (TPSA) is 51.2 Å². The molecule has 0 atom stereocenters. The van der Waals surface area contributed by atoms with E-state index in [-0.39, 0.29) is 5.91 Å². The second kappa shape index (κ2) is 6.26. The molecule has 2 aromatic carbocycles. The minimum Gasteiger partial charge on any atom is -0.481 e. The maximum Gasteiger partial charge on any atom is 0.228 e. The quantitative estimate of drug-likeness (QED) is 0.801. The van der Waals surface area contributed by atoms with Gasteiger partial charge < -0.3 is 10.1 Å². The van der Waals surface area contributed by atoms with Crippen LogP contribution in [0.1, 0.15) is 5.56 Å². The second-order valence-corrected chi connectivity index (χ2v) is 5.00. The monoisotopic (exact) mass is 292 g/mol. The number of fused-ring (bicyclic) bond motifs is 1. The van der Waals surface area contributed by atoms with Gasteiger partial charge in [-0.2, -0.15) is 0 Å². The van der Waals surface area contributed by atoms with Crippen LogP contribution in [0.2, 0.25) is 0 Å². The molecule has 4 nitrogen and oxygen atoms in total. The summed E-state index contributed by atoms with van der Waals surface area (Å²) in [5.41, 5.74) is 1.64. The molecule has 0 radical (unpaired) electrons. The molecule has 1 N–H and O–H groups in total. The van der Waals surface area contributed by atoms with Crippen LogP contribution in [0.15, 0.2) is 60.8 Å². The van der Waals surface area contributed by atoms with Gasteiger partial charge in [-0.15, -0.1) is 0 Å². The number of nitrogens with zero attached hydrogens (tertiary/aromatic N) is 1. The molecule has 1 heterocycles. The van der Waals surface area contributed by atoms with Crippen molar-refractivity contribution in [1.29, 1.82) is 0 Å². The van der Waals surface area contributed by atoms with Crippen LogP contribution in [0.3, 0.4) is 0 Å². The lowest BCUT2D eigenvalue weighted by atomic mass is 10.0. The van der Waals surface area contributed by atoms with E-state index in [4.69, 9.17) is 4.74 Å². The van der Waals surface area contributed by atoms with Crippen molar-refractivity contribution < 1.29 is 9.53 Å². The van der Waals surface area contributed by atoms with Gasteiger partial charge in [-0.25, -0.2) is 4.98 Å². The van der Waals surface area contributed by atoms with Crippen molar-refractivity contribution in [2.75, 3.05) is 12.4 Å². The predicted octanol–water partition coefficient (Wildman–Crippen LogP) is 3.42. The summed E-state index contributed by atoms with van der Waals surface area (Å²) in [6.07, 6.45) is 1.91. The van der Waals surface area contributed by atoms with E-state index in [1.54, 1.807) is 25.4 Å². The number of anilines is 1. The zero-order valence-corrected chi connectivity index (χ0v) is 12.2. The van der Waals surface area contributed by atoms with Crippen molar-refractivity contribution in [2.45, 2.75) is 6.42 Å². The number of aromatic nitrogens is 1. The molecule has 0 saturated carbocycles. The molecular weight excluding hydrogens is 276 g/mol. The van der Waals surface area contributed by atoms with Crippen molar-refractivity contribution in [1.82, 2.24) is 4.98 Å². The number of methoxy groups -OCH3 is 1. The highest BCUT2D eigenvalue weighted by atomic mass is 16.5. The fraction of sp³-hybridized carbons (Fsp3) is 0.111. The van der Waals surface area contributed by atoms with Crippen LogP contribution in [0.4, 0.5) is 5.69 Å². The van der Waals surface area contributed by atoms with Gasteiger partial charge in [0.15, 0.2) is 0 Å². The molecule has 1 amide bonds. The number of hydrogen-bond donors (Lipinski definition) is 1. The Morgan fingerprint density at radius 1 is 1.09 bits per heavy atom. The Morgan fingerprint density at radius 2 is 1.91 bits per heavy atom. The van der Waals surface area contributed by atoms with Gasteiger partial charge in [-0.3, -0.25) is 4.79 Å². The number of nitrogens with one attached hydrogen (secondary N) is 1. The van der Waals surface area contributed by atoms with E-state index in [1.807, 2.05) is 36.4 Å². The third kappa shape index (κ3) is 3.23. The molecule has 4 heteroatoms. The molecule has 0 aliphatic rings. The molecule has 0 aliphatic carbocycles. The van der Waals surface area contributed by atoms with Crippen molar-refractivity contribution in [3.05, 3.63) is 66.4 Å². The number of pyridine rings is 1. The summed E-state index contributed by atoms with van der Waals surface area (Å²) in [6, 6.07) is 17.6. The van der Waals surface area contributed by atoms with E-state index in [2.05, 4.69) is 16.4 Å². The van der Waals surface area contributed by atoms with E-state index in [0.717, 1.165) is 10.9 Å².